The second-order valence-corrected chi connectivity index (χ2v) is 8.59. The molecule has 1 aromatic rings. The lowest BCUT2D eigenvalue weighted by Gasteiger charge is -2.24. The molecule has 2 atom stereocenters. The average molecular weight is 511 g/mol. The van der Waals surface area contributed by atoms with Crippen LogP contribution >= 0.6 is 38.5 Å². The van der Waals surface area contributed by atoms with Crippen LogP contribution in [0.15, 0.2) is 22.7 Å². The van der Waals surface area contributed by atoms with E-state index in [1.165, 1.54) is 0 Å². The van der Waals surface area contributed by atoms with E-state index in [-0.39, 0.29) is 31.0 Å². The van der Waals surface area contributed by atoms with E-state index in [1.54, 1.807) is 20.8 Å². The Morgan fingerprint density at radius 3 is 2.83 bits per heavy atom. The molecule has 0 aliphatic carbocycles. The van der Waals surface area contributed by atoms with Gasteiger partial charge in [-0.3, -0.25) is 4.79 Å². The molecule has 1 heterocycles. The molecule has 1 fully saturated rings. The van der Waals surface area contributed by atoms with Crippen molar-refractivity contribution in [2.75, 3.05) is 6.61 Å². The number of hydrogen-bond acceptors (Lipinski definition) is 4. The molecule has 0 radical (unpaired) electrons. The third kappa shape index (κ3) is 5.80. The van der Waals surface area contributed by atoms with Crippen molar-refractivity contribution in [1.29, 1.82) is 0 Å². The van der Waals surface area contributed by atoms with E-state index in [9.17, 15) is 9.59 Å². The molecule has 2 rings (SSSR count). The number of ether oxygens (including phenoxy) is 2. The molecule has 1 saturated heterocycles. The van der Waals surface area contributed by atoms with Gasteiger partial charge >= 0.3 is 6.09 Å². The largest absolute Gasteiger partial charge is 0.490 e. The number of nitrogens with one attached hydrogen (secondary N) is 2. The lowest BCUT2D eigenvalue weighted by molar-refractivity contribution is -0.119. The molecule has 2 amide bonds. The maximum Gasteiger partial charge on any atom is 0.407 e. The molecule has 24 heavy (non-hydrogen) atoms. The Hall–Kier alpha value is -1.03. The summed E-state index contributed by atoms with van der Waals surface area (Å²) in [6.45, 7) is 5.64. The minimum atomic E-state index is -0.585. The first-order valence-corrected chi connectivity index (χ1v) is 9.38. The van der Waals surface area contributed by atoms with Crippen molar-refractivity contribution >= 4 is 50.5 Å². The molecule has 0 saturated carbocycles. The summed E-state index contributed by atoms with van der Waals surface area (Å²) in [5.74, 6) is 0.607. The van der Waals surface area contributed by atoms with Gasteiger partial charge in [0, 0.05) is 10.9 Å². The minimum Gasteiger partial charge on any atom is -0.490 e. The molecular weight excluding hydrogens is 491 g/mol. The summed E-state index contributed by atoms with van der Waals surface area (Å²) < 4.78 is 12.9. The first-order chi connectivity index (χ1) is 11.1. The van der Waals surface area contributed by atoms with Crippen LogP contribution in [0.5, 0.6) is 5.75 Å². The molecule has 132 valence electrons. The molecule has 1 aliphatic rings. The van der Waals surface area contributed by atoms with Crippen LogP contribution < -0.4 is 15.4 Å². The van der Waals surface area contributed by atoms with E-state index in [2.05, 4.69) is 49.2 Å². The highest BCUT2D eigenvalue weighted by Gasteiger charge is 2.35. The molecule has 6 nitrogen and oxygen atoms in total. The Labute approximate surface area is 163 Å². The van der Waals surface area contributed by atoms with Crippen molar-refractivity contribution in [3.8, 4) is 5.75 Å². The number of alkyl carbamates (subject to hydrolysis) is 1. The zero-order chi connectivity index (χ0) is 17.9. The number of halogens is 2. The van der Waals surface area contributed by atoms with Gasteiger partial charge in [0.1, 0.15) is 18.0 Å². The molecule has 8 heteroatoms. The molecule has 0 spiro atoms. The maximum atomic E-state index is 11.9. The van der Waals surface area contributed by atoms with Gasteiger partial charge in [-0.25, -0.2) is 4.79 Å². The summed E-state index contributed by atoms with van der Waals surface area (Å²) in [6, 6.07) is 5.06. The third-order valence-electron chi connectivity index (χ3n) is 3.25. The zero-order valence-electron chi connectivity index (χ0n) is 13.7. The van der Waals surface area contributed by atoms with Crippen LogP contribution in [0.2, 0.25) is 0 Å². The maximum absolute atomic E-state index is 11.9. The van der Waals surface area contributed by atoms with Crippen LogP contribution in [0.4, 0.5) is 4.79 Å². The van der Waals surface area contributed by atoms with Gasteiger partial charge in [0.15, 0.2) is 0 Å². The summed E-state index contributed by atoms with van der Waals surface area (Å²) in [4.78, 5) is 23.6. The van der Waals surface area contributed by atoms with Gasteiger partial charge in [-0.15, -0.1) is 0 Å². The average Bonchev–Trinajstić information content (AvgIpc) is 2.77. The van der Waals surface area contributed by atoms with Gasteiger partial charge in [0.25, 0.3) is 0 Å². The SMILES string of the molecule is CC(C)(C)OC(=O)NC1CC(=O)NC1COc1cc(Br)ccc1I. The fourth-order valence-corrected chi connectivity index (χ4v) is 3.08. The highest BCUT2D eigenvalue weighted by molar-refractivity contribution is 14.1. The fourth-order valence-electron chi connectivity index (χ4n) is 2.24. The number of carbonyl (C=O) groups excluding carboxylic acids is 2. The highest BCUT2D eigenvalue weighted by atomic mass is 127. The summed E-state index contributed by atoms with van der Waals surface area (Å²) in [6.07, 6.45) is -0.325. The van der Waals surface area contributed by atoms with Gasteiger partial charge in [0.05, 0.1) is 15.7 Å². The Kier molecular flexibility index (Phi) is 6.35. The van der Waals surface area contributed by atoms with Crippen LogP contribution in [0.3, 0.4) is 0 Å². The fraction of sp³-hybridized carbons (Fsp3) is 0.500. The molecule has 0 bridgehead atoms. The quantitative estimate of drug-likeness (QED) is 0.610. The number of amides is 2. The first kappa shape index (κ1) is 19.3. The van der Waals surface area contributed by atoms with E-state index < -0.39 is 11.7 Å². The van der Waals surface area contributed by atoms with Gasteiger partial charge < -0.3 is 20.1 Å². The van der Waals surface area contributed by atoms with Crippen molar-refractivity contribution < 1.29 is 19.1 Å². The van der Waals surface area contributed by atoms with Gasteiger partial charge in [-0.2, -0.15) is 0 Å². The van der Waals surface area contributed by atoms with Crippen LogP contribution in [-0.4, -0.2) is 36.3 Å². The standard InChI is InChI=1S/C16H20BrIN2O4/c1-16(2,3)24-15(22)20-11-7-14(21)19-12(11)8-23-13-6-9(17)4-5-10(13)18/h4-6,11-12H,7-8H2,1-3H3,(H,19,21)(H,20,22). The lowest BCUT2D eigenvalue weighted by Crippen LogP contribution is -2.48. The summed E-state index contributed by atoms with van der Waals surface area (Å²) >= 11 is 5.59. The Bertz CT molecular complexity index is 633. The van der Waals surface area contributed by atoms with Crippen LogP contribution in [0.25, 0.3) is 0 Å². The number of hydrogen-bond donors (Lipinski definition) is 2. The normalized spacial score (nSPS) is 20.5. The third-order valence-corrected chi connectivity index (χ3v) is 4.64. The van der Waals surface area contributed by atoms with E-state index >= 15 is 0 Å². The molecule has 2 N–H and O–H groups in total. The van der Waals surface area contributed by atoms with E-state index in [0.717, 1.165) is 13.8 Å². The van der Waals surface area contributed by atoms with Crippen LogP contribution in [0, 0.1) is 3.57 Å². The number of carbonyl (C=O) groups is 2. The Balaban J connectivity index is 1.96. The van der Waals surface area contributed by atoms with E-state index in [0.29, 0.717) is 0 Å². The Morgan fingerprint density at radius 2 is 2.17 bits per heavy atom. The van der Waals surface area contributed by atoms with Crippen LogP contribution in [-0.2, 0) is 9.53 Å². The number of benzene rings is 1. The summed E-state index contributed by atoms with van der Waals surface area (Å²) in [5.41, 5.74) is -0.585. The Morgan fingerprint density at radius 1 is 1.46 bits per heavy atom. The molecular formula is C16H20BrIN2O4. The second kappa shape index (κ2) is 7.90. The molecule has 2 unspecified atom stereocenters. The van der Waals surface area contributed by atoms with Gasteiger partial charge in [-0.05, 0) is 61.6 Å². The van der Waals surface area contributed by atoms with Crippen molar-refractivity contribution in [2.45, 2.75) is 44.9 Å². The van der Waals surface area contributed by atoms with Gasteiger partial charge in [0.2, 0.25) is 5.91 Å². The number of rotatable bonds is 4. The smallest absolute Gasteiger partial charge is 0.407 e. The van der Waals surface area contributed by atoms with Crippen LogP contribution in [0.1, 0.15) is 27.2 Å². The lowest BCUT2D eigenvalue weighted by atomic mass is 10.1. The predicted molar refractivity (Wildman–Crippen MR) is 102 cm³/mol. The van der Waals surface area contributed by atoms with Crippen molar-refractivity contribution in [2.24, 2.45) is 0 Å². The predicted octanol–water partition coefficient (Wildman–Crippen LogP) is 3.21. The summed E-state index contributed by atoms with van der Waals surface area (Å²) in [7, 11) is 0. The minimum absolute atomic E-state index is 0.117. The monoisotopic (exact) mass is 510 g/mol. The highest BCUT2D eigenvalue weighted by Crippen LogP contribution is 2.25. The van der Waals surface area contributed by atoms with Crippen molar-refractivity contribution in [3.63, 3.8) is 0 Å². The molecule has 1 aliphatic heterocycles. The molecule has 1 aromatic carbocycles. The van der Waals surface area contributed by atoms with E-state index in [4.69, 9.17) is 9.47 Å². The van der Waals surface area contributed by atoms with Crippen molar-refractivity contribution in [3.05, 3.63) is 26.2 Å². The second-order valence-electron chi connectivity index (χ2n) is 6.52. The first-order valence-electron chi connectivity index (χ1n) is 7.51. The van der Waals surface area contributed by atoms with E-state index in [1.807, 2.05) is 18.2 Å². The topological polar surface area (TPSA) is 76.7 Å². The van der Waals surface area contributed by atoms with Gasteiger partial charge in [-0.1, -0.05) is 15.9 Å². The zero-order valence-corrected chi connectivity index (χ0v) is 17.4. The molecule has 0 aromatic heterocycles. The van der Waals surface area contributed by atoms with Crippen molar-refractivity contribution in [1.82, 2.24) is 10.6 Å². The summed E-state index contributed by atoms with van der Waals surface area (Å²) in [5, 5.41) is 5.57.